The lowest BCUT2D eigenvalue weighted by Crippen LogP contribution is -2.47. The number of aryl methyl sites for hydroxylation is 2. The van der Waals surface area contributed by atoms with Crippen LogP contribution in [0.15, 0.2) is 54.6 Å². The van der Waals surface area contributed by atoms with Crippen LogP contribution in [0.4, 0.5) is 5.69 Å². The summed E-state index contributed by atoms with van der Waals surface area (Å²) in [6, 6.07) is 17.0. The van der Waals surface area contributed by atoms with Crippen LogP contribution in [-0.4, -0.2) is 22.8 Å². The van der Waals surface area contributed by atoms with Crippen molar-refractivity contribution in [1.29, 1.82) is 0 Å². The largest absolute Gasteiger partial charge is 0.351 e. The normalized spacial score (nSPS) is 15.1. The third-order valence-corrected chi connectivity index (χ3v) is 7.79. The van der Waals surface area contributed by atoms with E-state index in [1.807, 2.05) is 68.4 Å². The number of anilines is 1. The first-order valence-electron chi connectivity index (χ1n) is 12.6. The van der Waals surface area contributed by atoms with E-state index in [9.17, 15) is 9.59 Å². The van der Waals surface area contributed by atoms with Crippen molar-refractivity contribution in [3.63, 3.8) is 0 Å². The summed E-state index contributed by atoms with van der Waals surface area (Å²) in [5, 5.41) is 4.12. The maximum absolute atomic E-state index is 14.1. The number of thiazole rings is 1. The van der Waals surface area contributed by atoms with E-state index in [0.29, 0.717) is 22.2 Å². The van der Waals surface area contributed by atoms with E-state index in [0.717, 1.165) is 36.3 Å². The van der Waals surface area contributed by atoms with Crippen LogP contribution >= 0.6 is 11.3 Å². The predicted molar refractivity (Wildman–Crippen MR) is 143 cm³/mol. The van der Waals surface area contributed by atoms with Gasteiger partial charge in [-0.05, 0) is 55.9 Å². The van der Waals surface area contributed by atoms with Gasteiger partial charge in [-0.1, -0.05) is 75.6 Å². The third kappa shape index (κ3) is 5.81. The van der Waals surface area contributed by atoms with Gasteiger partial charge in [0.05, 0.1) is 10.7 Å². The molecule has 6 heteroatoms. The second kappa shape index (κ2) is 11.2. The standard InChI is InChI=1S/C29H35N3O2S/c1-19(2)22-15-17-25(18-16-22)32(29(34)27-20(3)30-21(4)35-27)26(23-11-7-5-8-12-23)28(33)31-24-13-9-6-10-14-24/h5,7-8,11-12,15-19,24,26H,6,9-10,13-14H2,1-4H3,(H,31,33)/t26-/m1/s1. The van der Waals surface area contributed by atoms with Gasteiger partial charge in [0.15, 0.2) is 0 Å². The number of rotatable bonds is 7. The number of aromatic nitrogens is 1. The van der Waals surface area contributed by atoms with E-state index < -0.39 is 6.04 Å². The first-order chi connectivity index (χ1) is 16.8. The Balaban J connectivity index is 1.80. The topological polar surface area (TPSA) is 62.3 Å². The highest BCUT2D eigenvalue weighted by atomic mass is 32.1. The minimum Gasteiger partial charge on any atom is -0.351 e. The number of hydrogen-bond acceptors (Lipinski definition) is 4. The highest BCUT2D eigenvalue weighted by Crippen LogP contribution is 2.33. The van der Waals surface area contributed by atoms with Crippen LogP contribution in [0.1, 0.15) is 89.4 Å². The molecular weight excluding hydrogens is 454 g/mol. The van der Waals surface area contributed by atoms with Crippen LogP contribution in [-0.2, 0) is 4.79 Å². The SMILES string of the molecule is Cc1nc(C)c(C(=O)N(c2ccc(C(C)C)cc2)[C@@H](C(=O)NC2CCCCC2)c2ccccc2)s1. The number of carbonyl (C=O) groups is 2. The Labute approximate surface area is 212 Å². The van der Waals surface area contributed by atoms with Gasteiger partial charge >= 0.3 is 0 Å². The molecule has 0 spiro atoms. The fraction of sp³-hybridized carbons (Fsp3) is 0.414. The van der Waals surface area contributed by atoms with E-state index >= 15 is 0 Å². The number of amides is 2. The Hall–Kier alpha value is -2.99. The molecule has 1 aliphatic carbocycles. The summed E-state index contributed by atoms with van der Waals surface area (Å²) < 4.78 is 0. The molecule has 1 aromatic heterocycles. The molecule has 1 heterocycles. The lowest BCUT2D eigenvalue weighted by atomic mass is 9.94. The fourth-order valence-corrected chi connectivity index (χ4v) is 5.68. The average molecular weight is 490 g/mol. The van der Waals surface area contributed by atoms with Crippen LogP contribution in [0.3, 0.4) is 0 Å². The van der Waals surface area contributed by atoms with Gasteiger partial charge in [0, 0.05) is 11.7 Å². The molecule has 4 rings (SSSR count). The lowest BCUT2D eigenvalue weighted by Gasteiger charge is -2.33. The van der Waals surface area contributed by atoms with Crippen molar-refractivity contribution in [2.24, 2.45) is 0 Å². The van der Waals surface area contributed by atoms with Gasteiger partial charge in [0.2, 0.25) is 5.91 Å². The molecule has 0 saturated heterocycles. The molecular formula is C29H35N3O2S. The van der Waals surface area contributed by atoms with Gasteiger partial charge in [-0.15, -0.1) is 11.3 Å². The zero-order valence-corrected chi connectivity index (χ0v) is 21.9. The quantitative estimate of drug-likeness (QED) is 0.401. The van der Waals surface area contributed by atoms with Crippen molar-refractivity contribution in [3.8, 4) is 0 Å². The van der Waals surface area contributed by atoms with Crippen LogP contribution in [0.2, 0.25) is 0 Å². The number of benzene rings is 2. The van der Waals surface area contributed by atoms with Gasteiger partial charge in [-0.3, -0.25) is 14.5 Å². The molecule has 5 nitrogen and oxygen atoms in total. The Morgan fingerprint density at radius 1 is 0.943 bits per heavy atom. The van der Waals surface area contributed by atoms with Crippen molar-refractivity contribution < 1.29 is 9.59 Å². The van der Waals surface area contributed by atoms with Crippen LogP contribution in [0, 0.1) is 13.8 Å². The molecule has 0 radical (unpaired) electrons. The second-order valence-electron chi connectivity index (χ2n) is 9.73. The highest BCUT2D eigenvalue weighted by Gasteiger charge is 2.36. The molecule has 1 aliphatic rings. The Bertz CT molecular complexity index is 1150. The lowest BCUT2D eigenvalue weighted by molar-refractivity contribution is -0.123. The number of nitrogens with one attached hydrogen (secondary N) is 1. The molecule has 0 bridgehead atoms. The first-order valence-corrected chi connectivity index (χ1v) is 13.4. The van der Waals surface area contributed by atoms with Crippen molar-refractivity contribution in [2.75, 3.05) is 4.90 Å². The molecule has 0 unspecified atom stereocenters. The predicted octanol–water partition coefficient (Wildman–Crippen LogP) is 6.72. The average Bonchev–Trinajstić information content (AvgIpc) is 3.21. The van der Waals surface area contributed by atoms with E-state index in [4.69, 9.17) is 0 Å². The molecule has 1 N–H and O–H groups in total. The summed E-state index contributed by atoms with van der Waals surface area (Å²) in [7, 11) is 0. The minimum atomic E-state index is -0.780. The van der Waals surface area contributed by atoms with Crippen molar-refractivity contribution in [3.05, 3.63) is 81.3 Å². The van der Waals surface area contributed by atoms with Gasteiger partial charge in [-0.25, -0.2) is 4.98 Å². The maximum atomic E-state index is 14.1. The summed E-state index contributed by atoms with van der Waals surface area (Å²) in [5.41, 5.74) is 3.38. The molecule has 0 aliphatic heterocycles. The van der Waals surface area contributed by atoms with Crippen molar-refractivity contribution in [1.82, 2.24) is 10.3 Å². The van der Waals surface area contributed by atoms with Crippen molar-refractivity contribution in [2.45, 2.75) is 77.8 Å². The molecule has 184 valence electrons. The molecule has 1 saturated carbocycles. The third-order valence-electron chi connectivity index (χ3n) is 6.73. The number of hydrogen-bond donors (Lipinski definition) is 1. The fourth-order valence-electron chi connectivity index (χ4n) is 4.82. The highest BCUT2D eigenvalue weighted by molar-refractivity contribution is 7.13. The van der Waals surface area contributed by atoms with E-state index in [1.165, 1.54) is 23.3 Å². The molecule has 2 aromatic carbocycles. The maximum Gasteiger partial charge on any atom is 0.271 e. The smallest absolute Gasteiger partial charge is 0.271 e. The summed E-state index contributed by atoms with van der Waals surface area (Å²) in [6.45, 7) is 8.05. The summed E-state index contributed by atoms with van der Waals surface area (Å²) in [4.78, 5) is 34.8. The van der Waals surface area contributed by atoms with Gasteiger partial charge < -0.3 is 5.32 Å². The van der Waals surface area contributed by atoms with E-state index in [1.54, 1.807) is 4.90 Å². The second-order valence-corrected chi connectivity index (χ2v) is 10.9. The number of nitrogens with zero attached hydrogens (tertiary/aromatic N) is 2. The van der Waals surface area contributed by atoms with E-state index in [-0.39, 0.29) is 17.9 Å². The molecule has 1 fully saturated rings. The molecule has 2 amide bonds. The molecule has 3 aromatic rings. The van der Waals surface area contributed by atoms with E-state index in [2.05, 4.69) is 24.1 Å². The minimum absolute atomic E-state index is 0.136. The van der Waals surface area contributed by atoms with Gasteiger partial charge in [0.25, 0.3) is 5.91 Å². The monoisotopic (exact) mass is 489 g/mol. The molecule has 35 heavy (non-hydrogen) atoms. The summed E-state index contributed by atoms with van der Waals surface area (Å²) in [5.74, 6) is 0.0421. The Morgan fingerprint density at radius 2 is 1.60 bits per heavy atom. The molecule has 1 atom stereocenters. The first kappa shape index (κ1) is 25.1. The van der Waals surface area contributed by atoms with Gasteiger partial charge in [-0.2, -0.15) is 0 Å². The van der Waals surface area contributed by atoms with Crippen LogP contribution in [0.5, 0.6) is 0 Å². The van der Waals surface area contributed by atoms with Crippen LogP contribution in [0.25, 0.3) is 0 Å². The zero-order chi connectivity index (χ0) is 24.9. The summed E-state index contributed by atoms with van der Waals surface area (Å²) in [6.07, 6.45) is 5.43. The Kier molecular flexibility index (Phi) is 8.01. The van der Waals surface area contributed by atoms with Crippen LogP contribution < -0.4 is 10.2 Å². The van der Waals surface area contributed by atoms with Crippen molar-refractivity contribution >= 4 is 28.8 Å². The summed E-state index contributed by atoms with van der Waals surface area (Å²) >= 11 is 1.38. The van der Waals surface area contributed by atoms with Gasteiger partial charge in [0.1, 0.15) is 10.9 Å². The Morgan fingerprint density at radius 3 is 2.17 bits per heavy atom. The number of carbonyl (C=O) groups excluding carboxylic acids is 2. The zero-order valence-electron chi connectivity index (χ0n) is 21.1.